The lowest BCUT2D eigenvalue weighted by Crippen LogP contribution is -2.39. The zero-order chi connectivity index (χ0) is 13.6. The Kier molecular flexibility index (Phi) is 2.89. The van der Waals surface area contributed by atoms with Crippen LogP contribution in [0.25, 0.3) is 5.70 Å². The molecule has 0 fully saturated rings. The number of carbonyl (C=O) groups is 1. The summed E-state index contributed by atoms with van der Waals surface area (Å²) in [5.74, 6) is 1.53. The van der Waals surface area contributed by atoms with E-state index in [-0.39, 0.29) is 5.25 Å². The second kappa shape index (κ2) is 4.45. The van der Waals surface area contributed by atoms with Gasteiger partial charge in [-0.3, -0.25) is 4.90 Å². The monoisotopic (exact) mass is 279 g/mol. The normalized spacial score (nSPS) is 22.0. The van der Waals surface area contributed by atoms with Crippen LogP contribution in [0.3, 0.4) is 0 Å². The van der Waals surface area contributed by atoms with E-state index in [1.165, 1.54) is 4.90 Å². The Labute approximate surface area is 114 Å². The van der Waals surface area contributed by atoms with E-state index < -0.39 is 11.7 Å². The summed E-state index contributed by atoms with van der Waals surface area (Å²) in [7, 11) is 0. The molecule has 3 heterocycles. The first-order valence-corrected chi connectivity index (χ1v) is 7.09. The molecule has 0 N–H and O–H groups in total. The number of fused-ring (bicyclic) bond motifs is 3. The Balaban J connectivity index is 2.24. The van der Waals surface area contributed by atoms with Gasteiger partial charge in [-0.25, -0.2) is 9.59 Å². The largest absolute Gasteiger partial charge is 0.427 e. The molecular formula is C13H13NO4S. The number of ether oxygens (including phenoxy) is 1. The molecule has 0 saturated heterocycles. The van der Waals surface area contributed by atoms with E-state index >= 15 is 0 Å². The maximum absolute atomic E-state index is 12.0. The lowest BCUT2D eigenvalue weighted by Gasteiger charge is -2.28. The van der Waals surface area contributed by atoms with Crippen LogP contribution in [0.2, 0.25) is 0 Å². The summed E-state index contributed by atoms with van der Waals surface area (Å²) in [4.78, 5) is 25.5. The van der Waals surface area contributed by atoms with Crippen molar-refractivity contribution in [1.82, 2.24) is 4.90 Å². The van der Waals surface area contributed by atoms with Gasteiger partial charge in [-0.05, 0) is 19.9 Å². The lowest BCUT2D eigenvalue weighted by molar-refractivity contribution is 0.169. The summed E-state index contributed by atoms with van der Waals surface area (Å²) in [6, 6.07) is 1.58. The van der Waals surface area contributed by atoms with Crippen molar-refractivity contribution in [2.24, 2.45) is 0 Å². The number of carbonyl (C=O) groups excluding carboxylic acids is 1. The standard InChI is InChI=1S/C13H13NO4S/c1-7-5-10-11(12(15)17-7)9-6-8(2)19-4-3-14(9)13(16)18-10/h5-6,8H,3-4H2,1-2H3. The predicted octanol–water partition coefficient (Wildman–Crippen LogP) is 2.24. The first kappa shape index (κ1) is 12.3. The van der Waals surface area contributed by atoms with Crippen LogP contribution >= 0.6 is 11.8 Å². The van der Waals surface area contributed by atoms with Gasteiger partial charge >= 0.3 is 11.7 Å². The van der Waals surface area contributed by atoms with E-state index in [1.807, 2.05) is 13.0 Å². The lowest BCUT2D eigenvalue weighted by atomic mass is 10.1. The molecule has 0 aliphatic carbocycles. The van der Waals surface area contributed by atoms with Gasteiger partial charge in [-0.15, -0.1) is 0 Å². The molecule has 0 bridgehead atoms. The Morgan fingerprint density at radius 1 is 1.42 bits per heavy atom. The van der Waals surface area contributed by atoms with Gasteiger partial charge in [-0.1, -0.05) is 0 Å². The van der Waals surface area contributed by atoms with Gasteiger partial charge in [0.25, 0.3) is 0 Å². The Hall–Kier alpha value is -1.69. The zero-order valence-corrected chi connectivity index (χ0v) is 11.5. The molecule has 2 aliphatic rings. The van der Waals surface area contributed by atoms with Crippen LogP contribution in [-0.4, -0.2) is 28.5 Å². The van der Waals surface area contributed by atoms with Gasteiger partial charge in [0, 0.05) is 23.6 Å². The van der Waals surface area contributed by atoms with Crippen LogP contribution in [0, 0.1) is 6.92 Å². The summed E-state index contributed by atoms with van der Waals surface area (Å²) < 4.78 is 10.3. The first-order chi connectivity index (χ1) is 9.06. The van der Waals surface area contributed by atoms with Gasteiger partial charge in [0.15, 0.2) is 5.75 Å². The van der Waals surface area contributed by atoms with Crippen molar-refractivity contribution in [1.29, 1.82) is 0 Å². The van der Waals surface area contributed by atoms with Crippen LogP contribution in [0.5, 0.6) is 5.75 Å². The summed E-state index contributed by atoms with van der Waals surface area (Å²) in [5.41, 5.74) is 0.495. The Morgan fingerprint density at radius 3 is 3.00 bits per heavy atom. The van der Waals surface area contributed by atoms with Crippen LogP contribution in [0.15, 0.2) is 21.4 Å². The molecule has 0 spiro atoms. The SMILES string of the molecule is Cc1cc2c(c(=O)o1)C1=CC(C)SCCN1C(=O)O2. The fourth-order valence-corrected chi connectivity index (χ4v) is 3.15. The van der Waals surface area contributed by atoms with Crippen molar-refractivity contribution >= 4 is 23.6 Å². The Bertz CT molecular complexity index is 634. The summed E-state index contributed by atoms with van der Waals surface area (Å²) in [6.07, 6.45) is 1.49. The van der Waals surface area contributed by atoms with E-state index in [4.69, 9.17) is 9.15 Å². The number of thioether (sulfide) groups is 1. The van der Waals surface area contributed by atoms with Crippen molar-refractivity contribution in [3.8, 4) is 5.75 Å². The fourth-order valence-electron chi connectivity index (χ4n) is 2.26. The molecule has 1 aromatic heterocycles. The molecule has 19 heavy (non-hydrogen) atoms. The van der Waals surface area contributed by atoms with Crippen molar-refractivity contribution < 1.29 is 13.9 Å². The van der Waals surface area contributed by atoms with Crippen molar-refractivity contribution in [2.45, 2.75) is 19.1 Å². The maximum Gasteiger partial charge on any atom is 0.419 e. The van der Waals surface area contributed by atoms with E-state index in [2.05, 4.69) is 0 Å². The second-order valence-corrected chi connectivity index (χ2v) is 6.02. The molecule has 0 radical (unpaired) electrons. The molecule has 100 valence electrons. The molecular weight excluding hydrogens is 266 g/mol. The van der Waals surface area contributed by atoms with E-state index in [0.29, 0.717) is 29.3 Å². The number of nitrogens with zero attached hydrogens (tertiary/aromatic N) is 1. The molecule has 1 aromatic rings. The highest BCUT2D eigenvalue weighted by atomic mass is 32.2. The highest BCUT2D eigenvalue weighted by Crippen LogP contribution is 2.35. The molecule has 1 unspecified atom stereocenters. The molecule has 1 atom stereocenters. The smallest absolute Gasteiger partial charge is 0.419 e. The van der Waals surface area contributed by atoms with E-state index in [0.717, 1.165) is 5.75 Å². The minimum atomic E-state index is -0.460. The van der Waals surface area contributed by atoms with Crippen LogP contribution in [-0.2, 0) is 0 Å². The van der Waals surface area contributed by atoms with Gasteiger partial charge in [0.1, 0.15) is 11.3 Å². The van der Waals surface area contributed by atoms with Crippen molar-refractivity contribution in [3.63, 3.8) is 0 Å². The molecule has 5 nitrogen and oxygen atoms in total. The average Bonchev–Trinajstić information content (AvgIpc) is 2.49. The molecule has 6 heteroatoms. The maximum atomic E-state index is 12.0. The number of hydrogen-bond acceptors (Lipinski definition) is 5. The molecule has 3 rings (SSSR count). The molecule has 2 aliphatic heterocycles. The zero-order valence-electron chi connectivity index (χ0n) is 10.6. The minimum absolute atomic E-state index is 0.236. The molecule has 1 amide bonds. The minimum Gasteiger partial charge on any atom is -0.427 e. The van der Waals surface area contributed by atoms with Crippen molar-refractivity contribution in [2.75, 3.05) is 12.3 Å². The van der Waals surface area contributed by atoms with Gasteiger partial charge in [0.05, 0.1) is 5.70 Å². The van der Waals surface area contributed by atoms with Gasteiger partial charge in [-0.2, -0.15) is 11.8 Å². The van der Waals surface area contributed by atoms with E-state index in [1.54, 1.807) is 24.8 Å². The summed E-state index contributed by atoms with van der Waals surface area (Å²) >= 11 is 1.73. The second-order valence-electron chi connectivity index (χ2n) is 4.53. The predicted molar refractivity (Wildman–Crippen MR) is 72.3 cm³/mol. The number of aryl methyl sites for hydroxylation is 1. The third kappa shape index (κ3) is 2.06. The first-order valence-electron chi connectivity index (χ1n) is 6.04. The van der Waals surface area contributed by atoms with Crippen LogP contribution < -0.4 is 10.4 Å². The van der Waals surface area contributed by atoms with Crippen LogP contribution in [0.4, 0.5) is 4.79 Å². The topological polar surface area (TPSA) is 59.8 Å². The van der Waals surface area contributed by atoms with E-state index in [9.17, 15) is 9.59 Å². The highest BCUT2D eigenvalue weighted by Gasteiger charge is 2.34. The molecule has 0 aromatic carbocycles. The fraction of sp³-hybridized carbons (Fsp3) is 0.385. The summed E-state index contributed by atoms with van der Waals surface area (Å²) in [5, 5.41) is 0.236. The third-order valence-corrected chi connectivity index (χ3v) is 4.17. The average molecular weight is 279 g/mol. The van der Waals surface area contributed by atoms with Gasteiger partial charge in [0.2, 0.25) is 0 Å². The third-order valence-electron chi connectivity index (χ3n) is 3.09. The number of hydrogen-bond donors (Lipinski definition) is 0. The van der Waals surface area contributed by atoms with Gasteiger partial charge < -0.3 is 9.15 Å². The summed E-state index contributed by atoms with van der Waals surface area (Å²) in [6.45, 7) is 4.23. The Morgan fingerprint density at radius 2 is 2.21 bits per heavy atom. The molecule has 0 saturated carbocycles. The number of amides is 1. The van der Waals surface area contributed by atoms with Crippen molar-refractivity contribution in [3.05, 3.63) is 33.9 Å². The highest BCUT2D eigenvalue weighted by molar-refractivity contribution is 8.00. The quantitative estimate of drug-likeness (QED) is 0.729. The van der Waals surface area contributed by atoms with Crippen LogP contribution in [0.1, 0.15) is 18.2 Å². The number of rotatable bonds is 0.